The third kappa shape index (κ3) is 6.06. The van der Waals surface area contributed by atoms with Crippen molar-refractivity contribution in [3.63, 3.8) is 0 Å². The number of ether oxygens (including phenoxy) is 1. The molecule has 1 amide bonds. The van der Waals surface area contributed by atoms with E-state index in [9.17, 15) is 4.79 Å². The molecule has 0 aliphatic rings. The van der Waals surface area contributed by atoms with Gasteiger partial charge in [-0.05, 0) is 30.7 Å². The Balaban J connectivity index is 2.11. The molecule has 2 rings (SSSR count). The highest BCUT2D eigenvalue weighted by Crippen LogP contribution is 2.13. The van der Waals surface area contributed by atoms with Crippen LogP contribution in [0.2, 0.25) is 0 Å². The summed E-state index contributed by atoms with van der Waals surface area (Å²) < 4.78 is 10.5. The second-order valence-electron chi connectivity index (χ2n) is 6.49. The first-order valence-electron chi connectivity index (χ1n) is 8.76. The van der Waals surface area contributed by atoms with E-state index in [1.165, 1.54) is 0 Å². The van der Waals surface area contributed by atoms with Gasteiger partial charge in [-0.15, -0.1) is 0 Å². The third-order valence-electron chi connectivity index (χ3n) is 4.20. The fourth-order valence-corrected chi connectivity index (χ4v) is 2.43. The summed E-state index contributed by atoms with van der Waals surface area (Å²) in [6.45, 7) is 3.24. The average molecular weight is 372 g/mol. The number of benzene rings is 1. The van der Waals surface area contributed by atoms with E-state index in [-0.39, 0.29) is 12.5 Å². The number of nitrogens with zero attached hydrogens (tertiary/aromatic N) is 3. The Hall–Kier alpha value is -2.96. The molecular formula is C20H28N4O3. The summed E-state index contributed by atoms with van der Waals surface area (Å²) in [5, 5.41) is 3.15. The van der Waals surface area contributed by atoms with Gasteiger partial charge in [0, 0.05) is 33.3 Å². The number of amides is 1. The van der Waals surface area contributed by atoms with Gasteiger partial charge in [-0.2, -0.15) is 0 Å². The minimum Gasteiger partial charge on any atom is -0.497 e. The molecule has 7 nitrogen and oxygen atoms in total. The number of likely N-dealkylation sites (N-methyl/N-ethyl adjacent to an activating group) is 1. The van der Waals surface area contributed by atoms with Gasteiger partial charge in [-0.3, -0.25) is 4.79 Å². The van der Waals surface area contributed by atoms with Gasteiger partial charge in [0.05, 0.1) is 26.5 Å². The maximum absolute atomic E-state index is 11.9. The molecule has 7 heteroatoms. The second kappa shape index (κ2) is 9.66. The minimum atomic E-state index is -0.0139. The fraction of sp³-hybridized carbons (Fsp3) is 0.400. The molecule has 1 aromatic heterocycles. The molecule has 0 radical (unpaired) electrons. The van der Waals surface area contributed by atoms with E-state index in [0.717, 1.165) is 22.6 Å². The number of hydrogen-bond donors (Lipinski definition) is 1. The Kier molecular flexibility index (Phi) is 7.28. The van der Waals surface area contributed by atoms with Gasteiger partial charge in [-0.1, -0.05) is 12.1 Å². The van der Waals surface area contributed by atoms with Crippen molar-refractivity contribution in [3.8, 4) is 5.75 Å². The van der Waals surface area contributed by atoms with Gasteiger partial charge in [0.2, 0.25) is 5.91 Å². The van der Waals surface area contributed by atoms with Crippen LogP contribution in [0.25, 0.3) is 0 Å². The molecule has 1 N–H and O–H groups in total. The smallest absolute Gasteiger partial charge is 0.241 e. The summed E-state index contributed by atoms with van der Waals surface area (Å²) >= 11 is 0. The molecule has 0 saturated heterocycles. The zero-order valence-electron chi connectivity index (χ0n) is 16.7. The van der Waals surface area contributed by atoms with Crippen LogP contribution in [0.1, 0.15) is 16.9 Å². The van der Waals surface area contributed by atoms with Gasteiger partial charge in [0.25, 0.3) is 0 Å². The number of guanidine groups is 1. The molecule has 0 aliphatic carbocycles. The number of methoxy groups -OCH3 is 1. The lowest BCUT2D eigenvalue weighted by Crippen LogP contribution is -2.43. The molecule has 146 valence electrons. The van der Waals surface area contributed by atoms with E-state index in [4.69, 9.17) is 9.15 Å². The maximum Gasteiger partial charge on any atom is 0.241 e. The van der Waals surface area contributed by atoms with Crippen LogP contribution in [-0.2, 0) is 17.9 Å². The van der Waals surface area contributed by atoms with E-state index in [0.29, 0.717) is 19.0 Å². The van der Waals surface area contributed by atoms with Crippen molar-refractivity contribution < 1.29 is 13.9 Å². The third-order valence-corrected chi connectivity index (χ3v) is 4.20. The first-order valence-corrected chi connectivity index (χ1v) is 8.76. The predicted octanol–water partition coefficient (Wildman–Crippen LogP) is 2.26. The number of hydrogen-bond acceptors (Lipinski definition) is 4. The molecule has 2 aromatic rings. The Labute approximate surface area is 160 Å². The second-order valence-corrected chi connectivity index (χ2v) is 6.49. The SMILES string of the molecule is COc1ccc(CN=C(NCC(=O)N(C)C)N(C)Cc2ccoc2C)cc1. The van der Waals surface area contributed by atoms with Crippen molar-refractivity contribution in [3.05, 3.63) is 53.5 Å². The maximum atomic E-state index is 11.9. The Morgan fingerprint density at radius 2 is 1.89 bits per heavy atom. The van der Waals surface area contributed by atoms with E-state index >= 15 is 0 Å². The van der Waals surface area contributed by atoms with Crippen LogP contribution in [0.5, 0.6) is 5.75 Å². The zero-order valence-corrected chi connectivity index (χ0v) is 16.7. The summed E-state index contributed by atoms with van der Waals surface area (Å²) in [6.07, 6.45) is 1.68. The summed E-state index contributed by atoms with van der Waals surface area (Å²) in [6, 6.07) is 9.71. The number of carbonyl (C=O) groups excluding carboxylic acids is 1. The molecule has 0 atom stereocenters. The van der Waals surface area contributed by atoms with E-state index < -0.39 is 0 Å². The number of nitrogens with one attached hydrogen (secondary N) is 1. The van der Waals surface area contributed by atoms with Crippen LogP contribution in [0.4, 0.5) is 0 Å². The Bertz CT molecular complexity index is 766. The van der Waals surface area contributed by atoms with Crippen LogP contribution < -0.4 is 10.1 Å². The Morgan fingerprint density at radius 1 is 1.19 bits per heavy atom. The number of rotatable bonds is 7. The van der Waals surface area contributed by atoms with Crippen molar-refractivity contribution in [2.75, 3.05) is 34.8 Å². The molecule has 1 aromatic carbocycles. The monoisotopic (exact) mass is 372 g/mol. The van der Waals surface area contributed by atoms with Gasteiger partial charge < -0.3 is 24.3 Å². The molecule has 1 heterocycles. The highest BCUT2D eigenvalue weighted by molar-refractivity contribution is 5.86. The van der Waals surface area contributed by atoms with Crippen LogP contribution in [0.15, 0.2) is 46.0 Å². The topological polar surface area (TPSA) is 70.3 Å². The lowest BCUT2D eigenvalue weighted by Gasteiger charge is -2.23. The molecule has 27 heavy (non-hydrogen) atoms. The van der Waals surface area contributed by atoms with Crippen molar-refractivity contribution >= 4 is 11.9 Å². The molecular weight excluding hydrogens is 344 g/mol. The van der Waals surface area contributed by atoms with Crippen molar-refractivity contribution in [2.45, 2.75) is 20.0 Å². The van der Waals surface area contributed by atoms with Crippen molar-refractivity contribution in [1.29, 1.82) is 0 Å². The highest BCUT2D eigenvalue weighted by atomic mass is 16.5. The van der Waals surface area contributed by atoms with Crippen LogP contribution in [0.3, 0.4) is 0 Å². The highest BCUT2D eigenvalue weighted by Gasteiger charge is 2.12. The molecule has 0 spiro atoms. The minimum absolute atomic E-state index is 0.0139. The number of aliphatic imine (C=N–C) groups is 1. The fourth-order valence-electron chi connectivity index (χ4n) is 2.43. The summed E-state index contributed by atoms with van der Waals surface area (Å²) in [5.41, 5.74) is 2.14. The Morgan fingerprint density at radius 3 is 2.44 bits per heavy atom. The van der Waals surface area contributed by atoms with E-state index in [1.807, 2.05) is 49.2 Å². The average Bonchev–Trinajstić information content (AvgIpc) is 3.06. The first kappa shape index (κ1) is 20.4. The quantitative estimate of drug-likeness (QED) is 0.596. The van der Waals surface area contributed by atoms with Crippen LogP contribution >= 0.6 is 0 Å². The van der Waals surface area contributed by atoms with E-state index in [1.54, 1.807) is 32.4 Å². The number of aryl methyl sites for hydroxylation is 1. The lowest BCUT2D eigenvalue weighted by molar-refractivity contribution is -0.127. The standard InChI is InChI=1S/C20H28N4O3/c1-15-17(10-11-27-15)14-24(4)20(22-13-19(25)23(2)3)21-12-16-6-8-18(26-5)9-7-16/h6-11H,12-14H2,1-5H3,(H,21,22). The first-order chi connectivity index (χ1) is 12.9. The van der Waals surface area contributed by atoms with Gasteiger partial charge in [0.1, 0.15) is 11.5 Å². The number of carbonyl (C=O) groups is 1. The molecule has 0 unspecified atom stereocenters. The van der Waals surface area contributed by atoms with Crippen LogP contribution in [0, 0.1) is 6.92 Å². The van der Waals surface area contributed by atoms with Gasteiger partial charge in [-0.25, -0.2) is 4.99 Å². The van der Waals surface area contributed by atoms with Crippen molar-refractivity contribution in [2.24, 2.45) is 4.99 Å². The molecule has 0 fully saturated rings. The normalized spacial score (nSPS) is 11.2. The summed E-state index contributed by atoms with van der Waals surface area (Å²) in [5.74, 6) is 2.33. The van der Waals surface area contributed by atoms with Crippen molar-refractivity contribution in [1.82, 2.24) is 15.1 Å². The summed E-state index contributed by atoms with van der Waals surface area (Å²) in [4.78, 5) is 20.2. The van der Waals surface area contributed by atoms with E-state index in [2.05, 4.69) is 10.3 Å². The van der Waals surface area contributed by atoms with Crippen LogP contribution in [-0.4, -0.2) is 56.5 Å². The predicted molar refractivity (Wildman–Crippen MR) is 106 cm³/mol. The molecule has 0 saturated carbocycles. The molecule has 0 aliphatic heterocycles. The largest absolute Gasteiger partial charge is 0.497 e. The summed E-state index contributed by atoms with van der Waals surface area (Å²) in [7, 11) is 7.05. The van der Waals surface area contributed by atoms with Gasteiger partial charge in [0.15, 0.2) is 5.96 Å². The lowest BCUT2D eigenvalue weighted by atomic mass is 10.2. The van der Waals surface area contributed by atoms with Gasteiger partial charge >= 0.3 is 0 Å². The number of furan rings is 1. The zero-order chi connectivity index (χ0) is 19.8. The molecule has 0 bridgehead atoms.